The monoisotopic (exact) mass is 333 g/mol. The maximum Gasteiger partial charge on any atom is 0.265 e. The summed E-state index contributed by atoms with van der Waals surface area (Å²) in [7, 11) is 0. The molecule has 1 N–H and O–H groups in total. The zero-order valence-corrected chi connectivity index (χ0v) is 13.0. The number of anilines is 1. The molecule has 0 aliphatic heterocycles. The highest BCUT2D eigenvalue weighted by molar-refractivity contribution is 9.10. The normalized spacial score (nSPS) is 11.8. The van der Waals surface area contributed by atoms with Crippen LogP contribution in [0.1, 0.15) is 12.5 Å². The Balaban J connectivity index is 1.94. The first-order chi connectivity index (χ1) is 9.54. The fraction of sp³-hybridized carbons (Fsp3) is 0.188. The Hall–Kier alpha value is -1.81. The minimum absolute atomic E-state index is 0.173. The molecule has 2 aromatic carbocycles. The first-order valence-electron chi connectivity index (χ1n) is 6.34. The lowest BCUT2D eigenvalue weighted by molar-refractivity contribution is -0.122. The second-order valence-electron chi connectivity index (χ2n) is 4.57. The van der Waals surface area contributed by atoms with E-state index in [1.165, 1.54) is 0 Å². The largest absolute Gasteiger partial charge is 0.481 e. The molecular formula is C16H16BrNO2. The molecule has 104 valence electrons. The molecular weight excluding hydrogens is 318 g/mol. The van der Waals surface area contributed by atoms with Crippen LogP contribution in [0.2, 0.25) is 0 Å². The molecule has 4 heteroatoms. The van der Waals surface area contributed by atoms with Gasteiger partial charge >= 0.3 is 0 Å². The summed E-state index contributed by atoms with van der Waals surface area (Å²) in [4.78, 5) is 12.0. The summed E-state index contributed by atoms with van der Waals surface area (Å²) in [6.07, 6.45) is -0.554. The lowest BCUT2D eigenvalue weighted by atomic mass is 10.2. The number of amides is 1. The van der Waals surface area contributed by atoms with Gasteiger partial charge in [-0.05, 0) is 50.2 Å². The van der Waals surface area contributed by atoms with Gasteiger partial charge in [-0.15, -0.1) is 0 Å². The van der Waals surface area contributed by atoms with E-state index in [-0.39, 0.29) is 5.91 Å². The highest BCUT2D eigenvalue weighted by Gasteiger charge is 2.14. The van der Waals surface area contributed by atoms with Gasteiger partial charge in [0.25, 0.3) is 5.91 Å². The predicted molar refractivity (Wildman–Crippen MR) is 84.0 cm³/mol. The summed E-state index contributed by atoms with van der Waals surface area (Å²) in [6, 6.07) is 15.0. The molecule has 2 rings (SSSR count). The molecule has 1 amide bonds. The molecule has 20 heavy (non-hydrogen) atoms. The van der Waals surface area contributed by atoms with Gasteiger partial charge in [-0.25, -0.2) is 0 Å². The molecule has 1 unspecified atom stereocenters. The average molecular weight is 334 g/mol. The number of halogens is 1. The lowest BCUT2D eigenvalue weighted by Gasteiger charge is -2.15. The van der Waals surface area contributed by atoms with Crippen LogP contribution in [0.25, 0.3) is 0 Å². The third-order valence-electron chi connectivity index (χ3n) is 2.81. The molecule has 0 radical (unpaired) electrons. The van der Waals surface area contributed by atoms with Crippen molar-refractivity contribution in [2.45, 2.75) is 20.0 Å². The second kappa shape index (κ2) is 6.57. The van der Waals surface area contributed by atoms with E-state index in [9.17, 15) is 4.79 Å². The highest BCUT2D eigenvalue weighted by Crippen LogP contribution is 2.16. The van der Waals surface area contributed by atoms with Gasteiger partial charge < -0.3 is 10.1 Å². The van der Waals surface area contributed by atoms with Gasteiger partial charge in [0.1, 0.15) is 5.75 Å². The Bertz CT molecular complexity index is 578. The summed E-state index contributed by atoms with van der Waals surface area (Å²) < 4.78 is 6.58. The standard InChI is InChI=1S/C16H16BrNO2/c1-11-3-9-15(10-4-11)20-12(2)16(19)18-14-7-5-13(17)6-8-14/h3-10,12H,1-2H3,(H,18,19). The Morgan fingerprint density at radius 1 is 1.10 bits per heavy atom. The zero-order valence-electron chi connectivity index (χ0n) is 11.4. The van der Waals surface area contributed by atoms with E-state index < -0.39 is 6.10 Å². The van der Waals surface area contributed by atoms with Crippen molar-refractivity contribution in [3.05, 3.63) is 58.6 Å². The van der Waals surface area contributed by atoms with Crippen LogP contribution in [0.5, 0.6) is 5.75 Å². The van der Waals surface area contributed by atoms with Crippen molar-refractivity contribution in [3.63, 3.8) is 0 Å². The molecule has 0 fully saturated rings. The van der Waals surface area contributed by atoms with E-state index >= 15 is 0 Å². The van der Waals surface area contributed by atoms with Crippen molar-refractivity contribution >= 4 is 27.5 Å². The Morgan fingerprint density at radius 2 is 1.70 bits per heavy atom. The molecule has 3 nitrogen and oxygen atoms in total. The molecule has 0 aliphatic rings. The number of carbonyl (C=O) groups excluding carboxylic acids is 1. The quantitative estimate of drug-likeness (QED) is 0.912. The van der Waals surface area contributed by atoms with Crippen LogP contribution in [0.3, 0.4) is 0 Å². The number of ether oxygens (including phenoxy) is 1. The first kappa shape index (κ1) is 14.6. The maximum atomic E-state index is 12.0. The van der Waals surface area contributed by atoms with Crippen molar-refractivity contribution in [3.8, 4) is 5.75 Å². The number of carbonyl (C=O) groups is 1. The Labute approximate surface area is 127 Å². The van der Waals surface area contributed by atoms with Gasteiger partial charge in [0.05, 0.1) is 0 Å². The highest BCUT2D eigenvalue weighted by atomic mass is 79.9. The smallest absolute Gasteiger partial charge is 0.265 e. The fourth-order valence-corrected chi connectivity index (χ4v) is 1.92. The lowest BCUT2D eigenvalue weighted by Crippen LogP contribution is -2.30. The summed E-state index contributed by atoms with van der Waals surface area (Å²) in [6.45, 7) is 3.74. The van der Waals surface area contributed by atoms with Crippen molar-refractivity contribution in [2.75, 3.05) is 5.32 Å². The molecule has 0 bridgehead atoms. The summed E-state index contributed by atoms with van der Waals surface area (Å²) >= 11 is 3.35. The van der Waals surface area contributed by atoms with Crippen LogP contribution >= 0.6 is 15.9 Å². The zero-order chi connectivity index (χ0) is 14.5. The van der Waals surface area contributed by atoms with Crippen LogP contribution < -0.4 is 10.1 Å². The molecule has 0 spiro atoms. The Kier molecular flexibility index (Phi) is 4.79. The minimum Gasteiger partial charge on any atom is -0.481 e. The van der Waals surface area contributed by atoms with E-state index in [0.717, 1.165) is 15.7 Å². The van der Waals surface area contributed by atoms with Crippen LogP contribution in [0.4, 0.5) is 5.69 Å². The molecule has 0 aliphatic carbocycles. The predicted octanol–water partition coefficient (Wildman–Crippen LogP) is 4.16. The van der Waals surface area contributed by atoms with Crippen molar-refractivity contribution < 1.29 is 9.53 Å². The topological polar surface area (TPSA) is 38.3 Å². The van der Waals surface area contributed by atoms with E-state index in [1.54, 1.807) is 6.92 Å². The number of hydrogen-bond donors (Lipinski definition) is 1. The second-order valence-corrected chi connectivity index (χ2v) is 5.48. The van der Waals surface area contributed by atoms with Crippen molar-refractivity contribution in [1.29, 1.82) is 0 Å². The number of hydrogen-bond acceptors (Lipinski definition) is 2. The number of aryl methyl sites for hydroxylation is 1. The SMILES string of the molecule is Cc1ccc(OC(C)C(=O)Nc2ccc(Br)cc2)cc1. The number of nitrogens with one attached hydrogen (secondary N) is 1. The van der Waals surface area contributed by atoms with E-state index in [4.69, 9.17) is 4.74 Å². The van der Waals surface area contributed by atoms with Gasteiger partial charge in [-0.3, -0.25) is 4.79 Å². The van der Waals surface area contributed by atoms with E-state index in [0.29, 0.717) is 5.75 Å². The summed E-state index contributed by atoms with van der Waals surface area (Å²) in [5.41, 5.74) is 1.90. The minimum atomic E-state index is -0.554. The van der Waals surface area contributed by atoms with Crippen molar-refractivity contribution in [1.82, 2.24) is 0 Å². The Morgan fingerprint density at radius 3 is 2.30 bits per heavy atom. The molecule has 0 aromatic heterocycles. The third-order valence-corrected chi connectivity index (χ3v) is 3.34. The van der Waals surface area contributed by atoms with Crippen LogP contribution in [-0.2, 0) is 4.79 Å². The maximum absolute atomic E-state index is 12.0. The number of benzene rings is 2. The van der Waals surface area contributed by atoms with Gasteiger partial charge in [0.2, 0.25) is 0 Å². The van der Waals surface area contributed by atoms with Gasteiger partial charge in [-0.1, -0.05) is 33.6 Å². The van der Waals surface area contributed by atoms with Gasteiger partial charge in [0.15, 0.2) is 6.10 Å². The average Bonchev–Trinajstić information content (AvgIpc) is 2.44. The molecule has 1 atom stereocenters. The van der Waals surface area contributed by atoms with Crippen molar-refractivity contribution in [2.24, 2.45) is 0 Å². The molecule has 0 heterocycles. The van der Waals surface area contributed by atoms with Gasteiger partial charge in [0, 0.05) is 10.2 Å². The number of rotatable bonds is 4. The van der Waals surface area contributed by atoms with Crippen LogP contribution in [-0.4, -0.2) is 12.0 Å². The first-order valence-corrected chi connectivity index (χ1v) is 7.13. The van der Waals surface area contributed by atoms with E-state index in [1.807, 2.05) is 55.5 Å². The summed E-state index contributed by atoms with van der Waals surface area (Å²) in [5.74, 6) is 0.516. The van der Waals surface area contributed by atoms with Crippen LogP contribution in [0.15, 0.2) is 53.0 Å². The molecule has 0 saturated carbocycles. The van der Waals surface area contributed by atoms with E-state index in [2.05, 4.69) is 21.2 Å². The third kappa shape index (κ3) is 4.10. The van der Waals surface area contributed by atoms with Gasteiger partial charge in [-0.2, -0.15) is 0 Å². The fourth-order valence-electron chi connectivity index (χ4n) is 1.65. The van der Waals surface area contributed by atoms with Crippen LogP contribution in [0, 0.1) is 6.92 Å². The molecule has 0 saturated heterocycles. The summed E-state index contributed by atoms with van der Waals surface area (Å²) in [5, 5.41) is 2.82. The molecule has 2 aromatic rings.